The van der Waals surface area contributed by atoms with Gasteiger partial charge in [-0.2, -0.15) is 0 Å². The summed E-state index contributed by atoms with van der Waals surface area (Å²) in [4.78, 5) is 23.8. The standard InChI is InChI=1S/C7H7NO2S2/c1-3-5-6(10)8(4(2)9)7(11)12-5/h3H,1-2H3. The molecule has 0 N–H and O–H groups in total. The Bertz CT molecular complexity index is 296. The van der Waals surface area contributed by atoms with Crippen LogP contribution in [0, 0.1) is 0 Å². The molecule has 1 aliphatic heterocycles. The second-order valence-corrected chi connectivity index (χ2v) is 3.86. The van der Waals surface area contributed by atoms with Crippen LogP contribution in [-0.2, 0) is 9.59 Å². The minimum atomic E-state index is -0.325. The van der Waals surface area contributed by atoms with Gasteiger partial charge in [0.05, 0.1) is 4.91 Å². The van der Waals surface area contributed by atoms with E-state index in [1.807, 2.05) is 0 Å². The van der Waals surface area contributed by atoms with Crippen LogP contribution in [-0.4, -0.2) is 21.0 Å². The zero-order valence-corrected chi connectivity index (χ0v) is 8.29. The molecule has 0 atom stereocenters. The summed E-state index contributed by atoms with van der Waals surface area (Å²) in [5.74, 6) is -0.630. The van der Waals surface area contributed by atoms with E-state index in [4.69, 9.17) is 12.2 Å². The molecule has 1 heterocycles. The smallest absolute Gasteiger partial charge is 0.272 e. The molecule has 1 rings (SSSR count). The first-order valence-electron chi connectivity index (χ1n) is 3.31. The van der Waals surface area contributed by atoms with E-state index in [1.165, 1.54) is 6.92 Å². The molecule has 0 radical (unpaired) electrons. The zero-order valence-electron chi connectivity index (χ0n) is 6.66. The summed E-state index contributed by atoms with van der Waals surface area (Å²) < 4.78 is 0.320. The third-order valence-corrected chi connectivity index (χ3v) is 2.79. The van der Waals surface area contributed by atoms with E-state index in [9.17, 15) is 9.59 Å². The Kier molecular flexibility index (Phi) is 2.64. The highest BCUT2D eigenvalue weighted by atomic mass is 32.2. The van der Waals surface area contributed by atoms with Crippen molar-refractivity contribution in [3.63, 3.8) is 0 Å². The molecule has 5 heteroatoms. The van der Waals surface area contributed by atoms with Gasteiger partial charge in [0, 0.05) is 6.92 Å². The van der Waals surface area contributed by atoms with E-state index in [0.29, 0.717) is 9.23 Å². The SMILES string of the molecule is CC=C1SC(=S)N(C(C)=O)C1=O. The van der Waals surface area contributed by atoms with Gasteiger partial charge in [0.2, 0.25) is 5.91 Å². The van der Waals surface area contributed by atoms with Crippen LogP contribution in [0.1, 0.15) is 13.8 Å². The molecule has 0 aromatic rings. The quantitative estimate of drug-likeness (QED) is 0.437. The van der Waals surface area contributed by atoms with E-state index >= 15 is 0 Å². The number of thioether (sulfide) groups is 1. The van der Waals surface area contributed by atoms with Crippen molar-refractivity contribution in [2.24, 2.45) is 0 Å². The van der Waals surface area contributed by atoms with Gasteiger partial charge in [0.25, 0.3) is 5.91 Å². The predicted octanol–water partition coefficient (Wildman–Crippen LogP) is 1.30. The van der Waals surface area contributed by atoms with Crippen LogP contribution in [0.2, 0.25) is 0 Å². The van der Waals surface area contributed by atoms with Crippen LogP contribution < -0.4 is 0 Å². The maximum absolute atomic E-state index is 11.3. The number of thiocarbonyl (C=S) groups is 1. The Morgan fingerprint density at radius 3 is 2.50 bits per heavy atom. The average Bonchev–Trinajstić information content (AvgIpc) is 2.25. The maximum Gasteiger partial charge on any atom is 0.272 e. The lowest BCUT2D eigenvalue weighted by molar-refractivity contribution is -0.135. The van der Waals surface area contributed by atoms with E-state index in [0.717, 1.165) is 16.7 Å². The minimum absolute atomic E-state index is 0.306. The fourth-order valence-corrected chi connectivity index (χ4v) is 2.10. The van der Waals surface area contributed by atoms with Gasteiger partial charge < -0.3 is 0 Å². The van der Waals surface area contributed by atoms with E-state index < -0.39 is 0 Å². The Labute approximate surface area is 79.8 Å². The molecule has 12 heavy (non-hydrogen) atoms. The van der Waals surface area contributed by atoms with Crippen molar-refractivity contribution in [2.75, 3.05) is 0 Å². The summed E-state index contributed by atoms with van der Waals surface area (Å²) in [6, 6.07) is 0. The number of allylic oxidation sites excluding steroid dienone is 1. The molecule has 1 fully saturated rings. The second-order valence-electron chi connectivity index (χ2n) is 2.18. The fourth-order valence-electron chi connectivity index (χ4n) is 0.830. The van der Waals surface area contributed by atoms with Crippen molar-refractivity contribution >= 4 is 40.1 Å². The van der Waals surface area contributed by atoms with Crippen molar-refractivity contribution in [3.05, 3.63) is 11.0 Å². The largest absolute Gasteiger partial charge is 0.274 e. The number of nitrogens with zero attached hydrogens (tertiary/aromatic N) is 1. The predicted molar refractivity (Wildman–Crippen MR) is 51.5 cm³/mol. The van der Waals surface area contributed by atoms with Crippen molar-refractivity contribution < 1.29 is 9.59 Å². The summed E-state index contributed by atoms with van der Waals surface area (Å²) >= 11 is 6.00. The lowest BCUT2D eigenvalue weighted by Gasteiger charge is -2.07. The zero-order chi connectivity index (χ0) is 9.30. The molecule has 64 valence electrons. The Morgan fingerprint density at radius 2 is 2.25 bits per heavy atom. The number of carbonyl (C=O) groups excluding carboxylic acids is 2. The maximum atomic E-state index is 11.3. The first kappa shape index (κ1) is 9.41. The van der Waals surface area contributed by atoms with Gasteiger partial charge in [-0.3, -0.25) is 9.59 Å². The molecule has 0 aliphatic carbocycles. The van der Waals surface area contributed by atoms with Crippen LogP contribution in [0.4, 0.5) is 0 Å². The third-order valence-electron chi connectivity index (χ3n) is 1.37. The number of amides is 2. The highest BCUT2D eigenvalue weighted by Gasteiger charge is 2.34. The highest BCUT2D eigenvalue weighted by Crippen LogP contribution is 2.30. The number of carbonyl (C=O) groups is 2. The first-order valence-corrected chi connectivity index (χ1v) is 4.53. The Morgan fingerprint density at radius 1 is 1.67 bits per heavy atom. The first-order chi connectivity index (χ1) is 5.57. The van der Waals surface area contributed by atoms with Gasteiger partial charge in [-0.15, -0.1) is 0 Å². The molecule has 0 unspecified atom stereocenters. The third kappa shape index (κ3) is 1.42. The van der Waals surface area contributed by atoms with Gasteiger partial charge in [-0.25, -0.2) is 4.90 Å². The van der Waals surface area contributed by atoms with Gasteiger partial charge >= 0.3 is 0 Å². The molecule has 0 bridgehead atoms. The Balaban J connectivity index is 3.00. The summed E-state index contributed by atoms with van der Waals surface area (Å²) in [5.41, 5.74) is 0. The van der Waals surface area contributed by atoms with Gasteiger partial charge in [-0.05, 0) is 6.92 Å². The highest BCUT2D eigenvalue weighted by molar-refractivity contribution is 8.26. The van der Waals surface area contributed by atoms with Crippen molar-refractivity contribution in [1.29, 1.82) is 0 Å². The minimum Gasteiger partial charge on any atom is -0.274 e. The van der Waals surface area contributed by atoms with Gasteiger partial charge in [-0.1, -0.05) is 30.1 Å². The summed E-state index contributed by atoms with van der Waals surface area (Å²) in [7, 11) is 0. The normalized spacial score (nSPS) is 20.8. The van der Waals surface area contributed by atoms with Crippen LogP contribution in [0.15, 0.2) is 11.0 Å². The lowest BCUT2D eigenvalue weighted by atomic mass is 10.4. The number of imide groups is 1. The van der Waals surface area contributed by atoms with E-state index in [-0.39, 0.29) is 11.8 Å². The van der Waals surface area contributed by atoms with Crippen LogP contribution in [0.3, 0.4) is 0 Å². The molecule has 0 saturated carbocycles. The number of hydrogen-bond donors (Lipinski definition) is 0. The number of rotatable bonds is 0. The average molecular weight is 201 g/mol. The van der Waals surface area contributed by atoms with Crippen LogP contribution >= 0.6 is 24.0 Å². The Hall–Kier alpha value is -0.680. The molecule has 0 aromatic heterocycles. The molecule has 0 spiro atoms. The second kappa shape index (κ2) is 3.37. The molecule has 3 nitrogen and oxygen atoms in total. The molecule has 1 aliphatic rings. The molecular formula is C7H7NO2S2. The van der Waals surface area contributed by atoms with Crippen molar-refractivity contribution in [3.8, 4) is 0 Å². The van der Waals surface area contributed by atoms with E-state index in [1.54, 1.807) is 13.0 Å². The van der Waals surface area contributed by atoms with Gasteiger partial charge in [0.15, 0.2) is 4.32 Å². The van der Waals surface area contributed by atoms with Crippen molar-refractivity contribution in [1.82, 2.24) is 4.90 Å². The van der Waals surface area contributed by atoms with E-state index in [2.05, 4.69) is 0 Å². The van der Waals surface area contributed by atoms with Crippen molar-refractivity contribution in [2.45, 2.75) is 13.8 Å². The molecule has 1 saturated heterocycles. The lowest BCUT2D eigenvalue weighted by Crippen LogP contribution is -2.32. The molecule has 2 amide bonds. The monoisotopic (exact) mass is 201 g/mol. The summed E-state index contributed by atoms with van der Waals surface area (Å²) in [6.45, 7) is 3.07. The summed E-state index contributed by atoms with van der Waals surface area (Å²) in [5, 5.41) is 0. The molecular weight excluding hydrogens is 194 g/mol. The van der Waals surface area contributed by atoms with Crippen LogP contribution in [0.5, 0.6) is 0 Å². The fraction of sp³-hybridized carbons (Fsp3) is 0.286. The van der Waals surface area contributed by atoms with Gasteiger partial charge in [0.1, 0.15) is 0 Å². The van der Waals surface area contributed by atoms with Crippen LogP contribution in [0.25, 0.3) is 0 Å². The topological polar surface area (TPSA) is 37.4 Å². The summed E-state index contributed by atoms with van der Waals surface area (Å²) in [6.07, 6.45) is 1.66. The molecule has 0 aromatic carbocycles. The number of hydrogen-bond acceptors (Lipinski definition) is 4.